The molecular formula is C15H23BrN4O. The summed E-state index contributed by atoms with van der Waals surface area (Å²) in [5.41, 5.74) is 1.28. The van der Waals surface area contributed by atoms with Crippen molar-refractivity contribution in [2.45, 2.75) is 32.2 Å². The third kappa shape index (κ3) is 3.31. The molecular weight excluding hydrogens is 332 g/mol. The lowest BCUT2D eigenvalue weighted by atomic mass is 10.0. The molecule has 6 heteroatoms. The van der Waals surface area contributed by atoms with Crippen molar-refractivity contribution in [3.63, 3.8) is 0 Å². The minimum Gasteiger partial charge on any atom is -0.382 e. The van der Waals surface area contributed by atoms with E-state index in [2.05, 4.69) is 26.3 Å². The fourth-order valence-electron chi connectivity index (χ4n) is 2.90. The van der Waals surface area contributed by atoms with Crippen LogP contribution in [0.3, 0.4) is 0 Å². The molecule has 2 aliphatic carbocycles. The highest BCUT2D eigenvalue weighted by Crippen LogP contribution is 2.61. The predicted octanol–water partition coefficient (Wildman–Crippen LogP) is 2.17. The zero-order chi connectivity index (χ0) is 15.0. The third-order valence-corrected chi connectivity index (χ3v) is 5.48. The maximum atomic E-state index is 12.3. The molecule has 0 aliphatic heterocycles. The average Bonchev–Trinajstić information content (AvgIpc) is 3.31. The van der Waals surface area contributed by atoms with E-state index in [1.807, 2.05) is 19.0 Å². The Bertz CT molecular complexity index is 576. The highest BCUT2D eigenvalue weighted by atomic mass is 79.9. The minimum atomic E-state index is -0.0573. The maximum absolute atomic E-state index is 12.3. The van der Waals surface area contributed by atoms with Crippen LogP contribution >= 0.6 is 15.9 Å². The van der Waals surface area contributed by atoms with Crippen LogP contribution in [0.25, 0.3) is 0 Å². The van der Waals surface area contributed by atoms with Gasteiger partial charge in [-0.2, -0.15) is 5.10 Å². The van der Waals surface area contributed by atoms with E-state index in [0.29, 0.717) is 16.4 Å². The summed E-state index contributed by atoms with van der Waals surface area (Å²) >= 11 is 3.43. The first-order valence-electron chi connectivity index (χ1n) is 7.66. The highest BCUT2D eigenvalue weighted by Gasteiger charge is 2.53. The van der Waals surface area contributed by atoms with Gasteiger partial charge in [-0.3, -0.25) is 4.79 Å². The maximum Gasteiger partial charge on any atom is 0.283 e. The topological polar surface area (TPSA) is 50.2 Å². The number of halogens is 1. The molecule has 0 saturated heterocycles. The molecule has 3 rings (SSSR count). The molecule has 5 nitrogen and oxygen atoms in total. The van der Waals surface area contributed by atoms with Crippen molar-refractivity contribution in [3.8, 4) is 0 Å². The molecule has 0 atom stereocenters. The van der Waals surface area contributed by atoms with Crippen molar-refractivity contribution < 1.29 is 0 Å². The Balaban J connectivity index is 1.66. The molecule has 1 aromatic rings. The van der Waals surface area contributed by atoms with Crippen molar-refractivity contribution >= 4 is 21.6 Å². The van der Waals surface area contributed by atoms with Crippen LogP contribution in [0, 0.1) is 11.3 Å². The molecule has 0 radical (unpaired) electrons. The van der Waals surface area contributed by atoms with E-state index in [1.165, 1.54) is 30.4 Å². The summed E-state index contributed by atoms with van der Waals surface area (Å²) in [6, 6.07) is 0. The number of likely N-dealkylation sites (N-methyl/N-ethyl adjacent to an activating group) is 1. The van der Waals surface area contributed by atoms with Crippen molar-refractivity contribution in [1.82, 2.24) is 14.7 Å². The van der Waals surface area contributed by atoms with Crippen molar-refractivity contribution in [2.75, 3.05) is 32.5 Å². The summed E-state index contributed by atoms with van der Waals surface area (Å²) in [5.74, 6) is 0.914. The SMILES string of the molecule is CN(C)CCn1ncc(NCC2(C3CC3)CC2)c(Br)c1=O. The Morgan fingerprint density at radius 2 is 2.19 bits per heavy atom. The average molecular weight is 355 g/mol. The Morgan fingerprint density at radius 3 is 2.76 bits per heavy atom. The molecule has 0 spiro atoms. The second-order valence-electron chi connectivity index (χ2n) is 6.69. The largest absolute Gasteiger partial charge is 0.382 e. The van der Waals surface area contributed by atoms with Crippen LogP contribution in [-0.4, -0.2) is 41.9 Å². The molecule has 0 unspecified atom stereocenters. The van der Waals surface area contributed by atoms with E-state index in [0.717, 1.165) is 24.7 Å². The van der Waals surface area contributed by atoms with E-state index in [-0.39, 0.29) is 5.56 Å². The quantitative estimate of drug-likeness (QED) is 0.815. The molecule has 1 aromatic heterocycles. The van der Waals surface area contributed by atoms with Crippen LogP contribution in [0.5, 0.6) is 0 Å². The van der Waals surface area contributed by atoms with Gasteiger partial charge in [0.25, 0.3) is 5.56 Å². The normalized spacial score (nSPS) is 19.8. The molecule has 1 heterocycles. The number of nitrogens with one attached hydrogen (secondary N) is 1. The summed E-state index contributed by atoms with van der Waals surface area (Å²) in [4.78, 5) is 14.3. The number of hydrogen-bond donors (Lipinski definition) is 1. The molecule has 1 N–H and O–H groups in total. The number of rotatable bonds is 7. The lowest BCUT2D eigenvalue weighted by Gasteiger charge is -2.17. The van der Waals surface area contributed by atoms with Gasteiger partial charge in [-0.1, -0.05) is 0 Å². The van der Waals surface area contributed by atoms with Crippen molar-refractivity contribution in [3.05, 3.63) is 21.0 Å². The molecule has 116 valence electrons. The van der Waals surface area contributed by atoms with Gasteiger partial charge < -0.3 is 10.2 Å². The lowest BCUT2D eigenvalue weighted by molar-refractivity contribution is 0.367. The Morgan fingerprint density at radius 1 is 1.48 bits per heavy atom. The fraction of sp³-hybridized carbons (Fsp3) is 0.733. The van der Waals surface area contributed by atoms with Crippen LogP contribution < -0.4 is 10.9 Å². The predicted molar refractivity (Wildman–Crippen MR) is 87.6 cm³/mol. The van der Waals surface area contributed by atoms with Gasteiger partial charge in [0.2, 0.25) is 0 Å². The van der Waals surface area contributed by atoms with Gasteiger partial charge in [-0.15, -0.1) is 0 Å². The second-order valence-corrected chi connectivity index (χ2v) is 7.49. The fourth-order valence-corrected chi connectivity index (χ4v) is 3.35. The number of hydrogen-bond acceptors (Lipinski definition) is 4. The molecule has 2 saturated carbocycles. The minimum absolute atomic E-state index is 0.0573. The van der Waals surface area contributed by atoms with E-state index < -0.39 is 0 Å². The van der Waals surface area contributed by atoms with Crippen LogP contribution in [0.4, 0.5) is 5.69 Å². The van der Waals surface area contributed by atoms with E-state index in [9.17, 15) is 4.79 Å². The summed E-state index contributed by atoms with van der Waals surface area (Å²) in [6.07, 6.45) is 7.19. The zero-order valence-corrected chi connectivity index (χ0v) is 14.3. The van der Waals surface area contributed by atoms with E-state index in [4.69, 9.17) is 0 Å². The summed E-state index contributed by atoms with van der Waals surface area (Å²) in [6.45, 7) is 2.38. The molecule has 0 amide bonds. The van der Waals surface area contributed by atoms with Crippen LogP contribution in [0.1, 0.15) is 25.7 Å². The van der Waals surface area contributed by atoms with Gasteiger partial charge in [0, 0.05) is 13.1 Å². The summed E-state index contributed by atoms with van der Waals surface area (Å²) < 4.78 is 2.12. The highest BCUT2D eigenvalue weighted by molar-refractivity contribution is 9.10. The molecule has 0 aromatic carbocycles. The van der Waals surface area contributed by atoms with Gasteiger partial charge in [0.05, 0.1) is 18.4 Å². The zero-order valence-electron chi connectivity index (χ0n) is 12.7. The molecule has 21 heavy (non-hydrogen) atoms. The molecule has 2 aliphatic rings. The number of aromatic nitrogens is 2. The Hall–Kier alpha value is -0.880. The Labute approximate surface area is 133 Å². The van der Waals surface area contributed by atoms with Crippen LogP contribution in [0.15, 0.2) is 15.5 Å². The third-order valence-electron chi connectivity index (χ3n) is 4.71. The first-order valence-corrected chi connectivity index (χ1v) is 8.45. The van der Waals surface area contributed by atoms with Gasteiger partial charge in [0.1, 0.15) is 4.47 Å². The van der Waals surface area contributed by atoms with Crippen molar-refractivity contribution in [1.29, 1.82) is 0 Å². The Kier molecular flexibility index (Phi) is 4.10. The first kappa shape index (κ1) is 15.0. The smallest absolute Gasteiger partial charge is 0.283 e. The second kappa shape index (κ2) is 5.72. The lowest BCUT2D eigenvalue weighted by Crippen LogP contribution is -2.30. The summed E-state index contributed by atoms with van der Waals surface area (Å²) in [5, 5.41) is 7.71. The molecule has 0 bridgehead atoms. The van der Waals surface area contributed by atoms with Gasteiger partial charge in [-0.05, 0) is 67.0 Å². The molecule has 2 fully saturated rings. The summed E-state index contributed by atoms with van der Waals surface area (Å²) in [7, 11) is 3.98. The number of anilines is 1. The monoisotopic (exact) mass is 354 g/mol. The van der Waals surface area contributed by atoms with Crippen LogP contribution in [-0.2, 0) is 6.54 Å². The first-order chi connectivity index (χ1) is 10.0. The van der Waals surface area contributed by atoms with Crippen LogP contribution in [0.2, 0.25) is 0 Å². The van der Waals surface area contributed by atoms with Crippen molar-refractivity contribution in [2.24, 2.45) is 11.3 Å². The van der Waals surface area contributed by atoms with Gasteiger partial charge >= 0.3 is 0 Å². The standard InChI is InChI=1S/C15H23BrN4O/c1-19(2)7-8-20-14(21)13(16)12(9-18-20)17-10-15(5-6-15)11-3-4-11/h9,11,17H,3-8,10H2,1-2H3. The van der Waals surface area contributed by atoms with E-state index >= 15 is 0 Å². The van der Waals surface area contributed by atoms with Gasteiger partial charge in [-0.25, -0.2) is 4.68 Å². The number of nitrogens with zero attached hydrogens (tertiary/aromatic N) is 3. The van der Waals surface area contributed by atoms with Gasteiger partial charge in [0.15, 0.2) is 0 Å². The van der Waals surface area contributed by atoms with E-state index in [1.54, 1.807) is 6.20 Å².